The largest absolute Gasteiger partial charge is 0.381 e. The summed E-state index contributed by atoms with van der Waals surface area (Å²) in [6.07, 6.45) is 1.16. The number of thiophene rings is 1. The monoisotopic (exact) mass is 436 g/mol. The highest BCUT2D eigenvalue weighted by Crippen LogP contribution is 2.22. The Balaban J connectivity index is 0.00000176. The van der Waals surface area contributed by atoms with Gasteiger partial charge in [0.05, 0.1) is 11.6 Å². The van der Waals surface area contributed by atoms with Crippen LogP contribution in [0.2, 0.25) is 0 Å². The Morgan fingerprint density at radius 2 is 2.23 bits per heavy atom. The zero-order chi connectivity index (χ0) is 14.5. The van der Waals surface area contributed by atoms with E-state index in [1.54, 1.807) is 0 Å². The number of halogens is 1. The van der Waals surface area contributed by atoms with Gasteiger partial charge in [-0.15, -0.1) is 35.3 Å². The molecular formula is C15H25IN4OS. The van der Waals surface area contributed by atoms with Gasteiger partial charge in [-0.1, -0.05) is 0 Å². The summed E-state index contributed by atoms with van der Waals surface area (Å²) < 4.78 is 5.42. The Bertz CT molecular complexity index is 454. The second-order valence-electron chi connectivity index (χ2n) is 5.58. The van der Waals surface area contributed by atoms with Crippen LogP contribution in [-0.2, 0) is 4.74 Å². The van der Waals surface area contributed by atoms with E-state index in [4.69, 9.17) is 4.74 Å². The van der Waals surface area contributed by atoms with Crippen molar-refractivity contribution < 1.29 is 4.74 Å². The number of aliphatic imine (C=N–C) groups is 1. The Labute approximate surface area is 153 Å². The molecule has 3 rings (SSSR count). The number of hydrogen-bond donors (Lipinski definition) is 1. The minimum Gasteiger partial charge on any atom is -0.381 e. The van der Waals surface area contributed by atoms with Gasteiger partial charge in [0.1, 0.15) is 0 Å². The summed E-state index contributed by atoms with van der Waals surface area (Å²) in [7, 11) is 1.87. The third kappa shape index (κ3) is 4.48. The zero-order valence-electron chi connectivity index (χ0n) is 13.0. The topological polar surface area (TPSA) is 40.1 Å². The molecule has 0 spiro atoms. The van der Waals surface area contributed by atoms with E-state index < -0.39 is 0 Å². The SMILES string of the molecule is CN=C(NCC1CCOC1)N1CCN(c2cccs2)CC1.I. The summed E-state index contributed by atoms with van der Waals surface area (Å²) in [5.74, 6) is 1.67. The quantitative estimate of drug-likeness (QED) is 0.448. The molecule has 7 heteroatoms. The summed E-state index contributed by atoms with van der Waals surface area (Å²) in [6.45, 7) is 6.94. The fourth-order valence-electron chi connectivity index (χ4n) is 2.90. The maximum atomic E-state index is 5.42. The van der Waals surface area contributed by atoms with Crippen LogP contribution in [0, 0.1) is 5.92 Å². The van der Waals surface area contributed by atoms with Gasteiger partial charge < -0.3 is 19.9 Å². The van der Waals surface area contributed by atoms with E-state index in [0.717, 1.165) is 58.3 Å². The van der Waals surface area contributed by atoms with Crippen molar-refractivity contribution in [3.8, 4) is 0 Å². The van der Waals surface area contributed by atoms with Gasteiger partial charge >= 0.3 is 0 Å². The second kappa shape index (κ2) is 8.93. The standard InChI is InChI=1S/C15H24N4OS.HI/c1-16-15(17-11-13-4-9-20-12-13)19-7-5-18(6-8-19)14-3-2-10-21-14;/h2-3,10,13H,4-9,11-12H2,1H3,(H,16,17);1H. The van der Waals surface area contributed by atoms with E-state index in [0.29, 0.717) is 5.92 Å². The Kier molecular flexibility index (Phi) is 7.23. The molecule has 2 aliphatic rings. The summed E-state index contributed by atoms with van der Waals surface area (Å²) in [5, 5.41) is 7.03. The molecule has 0 aromatic carbocycles. The molecule has 1 N–H and O–H groups in total. The lowest BCUT2D eigenvalue weighted by atomic mass is 10.1. The van der Waals surface area contributed by atoms with E-state index in [-0.39, 0.29) is 24.0 Å². The van der Waals surface area contributed by atoms with E-state index in [9.17, 15) is 0 Å². The molecular weight excluding hydrogens is 411 g/mol. The Morgan fingerprint density at radius 3 is 2.82 bits per heavy atom. The molecule has 2 saturated heterocycles. The van der Waals surface area contributed by atoms with E-state index in [1.165, 1.54) is 5.00 Å². The highest BCUT2D eigenvalue weighted by atomic mass is 127. The molecule has 1 unspecified atom stereocenters. The lowest BCUT2D eigenvalue weighted by Crippen LogP contribution is -2.53. The van der Waals surface area contributed by atoms with Gasteiger partial charge in [0.2, 0.25) is 0 Å². The molecule has 1 atom stereocenters. The number of piperazine rings is 1. The Morgan fingerprint density at radius 1 is 1.41 bits per heavy atom. The lowest BCUT2D eigenvalue weighted by Gasteiger charge is -2.37. The maximum Gasteiger partial charge on any atom is 0.193 e. The first-order chi connectivity index (χ1) is 10.4. The van der Waals surface area contributed by atoms with Crippen molar-refractivity contribution >= 4 is 46.3 Å². The van der Waals surface area contributed by atoms with Crippen molar-refractivity contribution in [2.75, 3.05) is 57.9 Å². The molecule has 0 saturated carbocycles. The van der Waals surface area contributed by atoms with Crippen LogP contribution in [0.5, 0.6) is 0 Å². The van der Waals surface area contributed by atoms with E-state index >= 15 is 0 Å². The molecule has 1 aromatic rings. The maximum absolute atomic E-state index is 5.42. The number of nitrogens with one attached hydrogen (secondary N) is 1. The predicted octanol–water partition coefficient (Wildman–Crippen LogP) is 2.10. The zero-order valence-corrected chi connectivity index (χ0v) is 16.2. The van der Waals surface area contributed by atoms with Crippen molar-refractivity contribution in [2.24, 2.45) is 10.9 Å². The number of guanidine groups is 1. The van der Waals surface area contributed by atoms with Gasteiger partial charge in [0.15, 0.2) is 5.96 Å². The van der Waals surface area contributed by atoms with Gasteiger partial charge in [-0.25, -0.2) is 0 Å². The van der Waals surface area contributed by atoms with Gasteiger partial charge in [-0.05, 0) is 23.9 Å². The number of hydrogen-bond acceptors (Lipinski definition) is 4. The smallest absolute Gasteiger partial charge is 0.193 e. The molecule has 0 aliphatic carbocycles. The van der Waals surface area contributed by atoms with Crippen LogP contribution in [-0.4, -0.2) is 63.8 Å². The number of ether oxygens (including phenoxy) is 1. The van der Waals surface area contributed by atoms with E-state index in [2.05, 4.69) is 37.6 Å². The molecule has 2 aliphatic heterocycles. The second-order valence-corrected chi connectivity index (χ2v) is 6.51. The average molecular weight is 436 g/mol. The first-order valence-electron chi connectivity index (χ1n) is 7.68. The van der Waals surface area contributed by atoms with Crippen LogP contribution in [0.25, 0.3) is 0 Å². The molecule has 5 nitrogen and oxygen atoms in total. The van der Waals surface area contributed by atoms with Gasteiger partial charge in [-0.3, -0.25) is 4.99 Å². The van der Waals surface area contributed by atoms with Crippen molar-refractivity contribution in [1.29, 1.82) is 0 Å². The average Bonchev–Trinajstić information content (AvgIpc) is 3.22. The van der Waals surface area contributed by atoms with Gasteiger partial charge in [0.25, 0.3) is 0 Å². The normalized spacial score (nSPS) is 22.6. The van der Waals surface area contributed by atoms with Crippen molar-refractivity contribution in [2.45, 2.75) is 6.42 Å². The molecule has 0 bridgehead atoms. The van der Waals surface area contributed by atoms with Crippen LogP contribution in [0.3, 0.4) is 0 Å². The molecule has 22 heavy (non-hydrogen) atoms. The molecule has 3 heterocycles. The van der Waals surface area contributed by atoms with Gasteiger partial charge in [0, 0.05) is 52.3 Å². The van der Waals surface area contributed by atoms with Crippen LogP contribution in [0.1, 0.15) is 6.42 Å². The first kappa shape index (κ1) is 17.8. The van der Waals surface area contributed by atoms with Crippen LogP contribution >= 0.6 is 35.3 Å². The number of anilines is 1. The third-order valence-corrected chi connectivity index (χ3v) is 5.11. The fraction of sp³-hybridized carbons (Fsp3) is 0.667. The molecule has 1 aromatic heterocycles. The number of nitrogens with zero attached hydrogens (tertiary/aromatic N) is 3. The third-order valence-electron chi connectivity index (χ3n) is 4.18. The summed E-state index contributed by atoms with van der Waals surface area (Å²) in [5.41, 5.74) is 0. The van der Waals surface area contributed by atoms with Crippen LogP contribution < -0.4 is 10.2 Å². The van der Waals surface area contributed by atoms with Crippen LogP contribution in [0.4, 0.5) is 5.00 Å². The molecule has 2 fully saturated rings. The highest BCUT2D eigenvalue weighted by molar-refractivity contribution is 14.0. The van der Waals surface area contributed by atoms with Gasteiger partial charge in [-0.2, -0.15) is 0 Å². The molecule has 124 valence electrons. The highest BCUT2D eigenvalue weighted by Gasteiger charge is 2.21. The minimum atomic E-state index is 0. The van der Waals surface area contributed by atoms with E-state index in [1.807, 2.05) is 18.4 Å². The summed E-state index contributed by atoms with van der Waals surface area (Å²) >= 11 is 1.82. The molecule has 0 amide bonds. The lowest BCUT2D eigenvalue weighted by molar-refractivity contribution is 0.186. The van der Waals surface area contributed by atoms with Crippen molar-refractivity contribution in [1.82, 2.24) is 10.2 Å². The fourth-order valence-corrected chi connectivity index (χ4v) is 3.69. The summed E-state index contributed by atoms with van der Waals surface area (Å²) in [6, 6.07) is 4.32. The van der Waals surface area contributed by atoms with Crippen LogP contribution in [0.15, 0.2) is 22.5 Å². The first-order valence-corrected chi connectivity index (χ1v) is 8.56. The summed E-state index contributed by atoms with van der Waals surface area (Å²) in [4.78, 5) is 9.25. The van der Waals surface area contributed by atoms with Crippen molar-refractivity contribution in [3.63, 3.8) is 0 Å². The van der Waals surface area contributed by atoms with Crippen molar-refractivity contribution in [3.05, 3.63) is 17.5 Å². The Hall–Kier alpha value is -0.540. The minimum absolute atomic E-state index is 0. The molecule has 0 radical (unpaired) electrons. The number of rotatable bonds is 3. The predicted molar refractivity (Wildman–Crippen MR) is 104 cm³/mol.